The number of fused-ring (bicyclic) bond motifs is 7. The third-order valence-electron chi connectivity index (χ3n) is 20.4. The van der Waals surface area contributed by atoms with Gasteiger partial charge in [-0.2, -0.15) is 0 Å². The summed E-state index contributed by atoms with van der Waals surface area (Å²) in [5, 5.41) is 0.0248. The van der Waals surface area contributed by atoms with Gasteiger partial charge in [0.15, 0.2) is 0 Å². The van der Waals surface area contributed by atoms with E-state index in [9.17, 15) is 8.22 Å². The first-order valence-electron chi connectivity index (χ1n) is 38.8. The van der Waals surface area contributed by atoms with E-state index in [-0.39, 0.29) is 44.7 Å². The number of para-hydroxylation sites is 2. The first-order chi connectivity index (χ1) is 51.8. The molecule has 3 nitrogen and oxygen atoms in total. The van der Waals surface area contributed by atoms with Crippen molar-refractivity contribution in [3.8, 4) is 83.6 Å². The van der Waals surface area contributed by atoms with Crippen LogP contribution in [0.25, 0.3) is 105 Å². The zero-order valence-corrected chi connectivity index (χ0v) is 57.9. The molecule has 0 spiro atoms. The topological polar surface area (TPSA) is 11.4 Å². The Morgan fingerprint density at radius 2 is 0.640 bits per heavy atom. The Bertz CT molecular complexity index is 6080. The monoisotopic (exact) mass is 1290 g/mol. The molecule has 2 aliphatic rings. The van der Waals surface area contributed by atoms with Gasteiger partial charge in [-0.05, 0) is 184 Å². The fourth-order valence-electron chi connectivity index (χ4n) is 15.3. The molecule has 17 rings (SSSR count). The highest BCUT2D eigenvalue weighted by Gasteiger charge is 2.47. The van der Waals surface area contributed by atoms with Crippen LogP contribution in [0.1, 0.15) is 90.0 Å². The summed E-state index contributed by atoms with van der Waals surface area (Å²) in [6, 6.07) is 95.4. The molecule has 0 bridgehead atoms. The van der Waals surface area contributed by atoms with Crippen LogP contribution in [0.5, 0.6) is 0 Å². The molecule has 14 aromatic carbocycles. The van der Waals surface area contributed by atoms with Gasteiger partial charge in [-0.25, -0.2) is 0 Å². The molecule has 15 aromatic rings. The van der Waals surface area contributed by atoms with Gasteiger partial charge in [-0.3, -0.25) is 0 Å². The number of hydrogen-bond acceptors (Lipinski definition) is 2. The van der Waals surface area contributed by atoms with E-state index in [4.69, 9.17) is 2.74 Å². The Hall–Kier alpha value is -11.5. The Morgan fingerprint density at radius 3 is 1.07 bits per heavy atom. The van der Waals surface area contributed by atoms with Gasteiger partial charge in [-0.1, -0.05) is 305 Å². The van der Waals surface area contributed by atoms with Crippen molar-refractivity contribution < 1.29 is 11.0 Å². The van der Waals surface area contributed by atoms with Crippen LogP contribution >= 0.6 is 0 Å². The molecule has 100 heavy (non-hydrogen) atoms. The second-order valence-electron chi connectivity index (χ2n) is 29.9. The Morgan fingerprint density at radius 1 is 0.280 bits per heavy atom. The molecule has 1 aromatic heterocycles. The summed E-state index contributed by atoms with van der Waals surface area (Å²) >= 11 is 0. The molecule has 482 valence electrons. The minimum atomic E-state index is -0.498. The molecule has 0 saturated carbocycles. The van der Waals surface area contributed by atoms with Gasteiger partial charge in [0.2, 0.25) is 0 Å². The number of rotatable bonds is 10. The van der Waals surface area contributed by atoms with Crippen LogP contribution < -0.4 is 26.2 Å². The van der Waals surface area contributed by atoms with Crippen LogP contribution in [-0.2, 0) is 16.2 Å². The van der Waals surface area contributed by atoms with Gasteiger partial charge >= 0.3 is 0 Å². The lowest BCUT2D eigenvalue weighted by atomic mass is 9.33. The number of benzene rings is 14. The second-order valence-corrected chi connectivity index (χ2v) is 29.9. The van der Waals surface area contributed by atoms with Gasteiger partial charge in [0.1, 0.15) is 0 Å². The minimum absolute atomic E-state index is 0.0124. The smallest absolute Gasteiger partial charge is 0.252 e. The number of nitrogens with zero attached hydrogens (tertiary/aromatic N) is 3. The highest BCUT2D eigenvalue weighted by molar-refractivity contribution is 7.00. The highest BCUT2D eigenvalue weighted by atomic mass is 15.2. The number of hydrogen-bond donors (Lipinski definition) is 0. The summed E-state index contributed by atoms with van der Waals surface area (Å²) in [5.41, 5.74) is 26.0. The molecule has 0 unspecified atom stereocenters. The van der Waals surface area contributed by atoms with Gasteiger partial charge in [-0.15, -0.1) is 0 Å². The predicted octanol–water partition coefficient (Wildman–Crippen LogP) is 24.4. The molecule has 0 amide bonds. The second kappa shape index (κ2) is 24.2. The molecule has 0 atom stereocenters. The van der Waals surface area contributed by atoms with Gasteiger partial charge in [0, 0.05) is 61.5 Å². The molecule has 3 heterocycles. The Balaban J connectivity index is 1.08. The average molecular weight is 1290 g/mol. The maximum absolute atomic E-state index is 9.88. The molecular weight excluding hydrogens is 1210 g/mol. The van der Waals surface area contributed by atoms with Crippen molar-refractivity contribution in [2.45, 2.75) is 78.6 Å². The van der Waals surface area contributed by atoms with Crippen molar-refractivity contribution in [1.29, 1.82) is 0 Å². The maximum atomic E-state index is 9.88. The van der Waals surface area contributed by atoms with Crippen LogP contribution in [0, 0.1) is 0 Å². The van der Waals surface area contributed by atoms with Crippen LogP contribution in [0.3, 0.4) is 0 Å². The molecule has 0 N–H and O–H groups in total. The van der Waals surface area contributed by atoms with Crippen molar-refractivity contribution >= 4 is 79.0 Å². The van der Waals surface area contributed by atoms with Gasteiger partial charge in [0.05, 0.1) is 33.4 Å². The van der Waals surface area contributed by atoms with Crippen molar-refractivity contribution in [3.63, 3.8) is 0 Å². The van der Waals surface area contributed by atoms with E-state index >= 15 is 0 Å². The van der Waals surface area contributed by atoms with E-state index < -0.39 is 48.4 Å². The van der Waals surface area contributed by atoms with Crippen molar-refractivity contribution in [2.24, 2.45) is 0 Å². The summed E-state index contributed by atoms with van der Waals surface area (Å²) in [6.07, 6.45) is 0. The maximum Gasteiger partial charge on any atom is 0.252 e. The fourth-order valence-corrected chi connectivity index (χ4v) is 15.3. The summed E-state index contributed by atoms with van der Waals surface area (Å²) in [5.74, 6) is 0. The van der Waals surface area contributed by atoms with E-state index in [0.29, 0.717) is 5.69 Å². The van der Waals surface area contributed by atoms with E-state index in [0.717, 1.165) is 140 Å². The third-order valence-corrected chi connectivity index (χ3v) is 20.4. The Kier molecular flexibility index (Phi) is 13.0. The molecule has 2 aliphatic heterocycles. The summed E-state index contributed by atoms with van der Waals surface area (Å²) < 4.78 is 77.4. The zero-order chi connectivity index (χ0) is 75.1. The zero-order valence-electron chi connectivity index (χ0n) is 65.9. The molecular formula is C96H80BN3. The normalized spacial score (nSPS) is 13.9. The van der Waals surface area contributed by atoms with E-state index in [1.807, 2.05) is 12.1 Å². The predicted molar refractivity (Wildman–Crippen MR) is 429 cm³/mol. The first-order valence-corrected chi connectivity index (χ1v) is 34.8. The van der Waals surface area contributed by atoms with E-state index in [1.165, 1.54) is 5.56 Å². The highest BCUT2D eigenvalue weighted by Crippen LogP contribution is 2.56. The van der Waals surface area contributed by atoms with E-state index in [1.54, 1.807) is 4.57 Å². The first kappa shape index (κ1) is 53.6. The lowest BCUT2D eigenvalue weighted by molar-refractivity contribution is 0.590. The lowest BCUT2D eigenvalue weighted by Crippen LogP contribution is -2.61. The molecule has 0 radical (unpaired) electrons. The lowest BCUT2D eigenvalue weighted by Gasteiger charge is -2.47. The third kappa shape index (κ3) is 10.8. The van der Waals surface area contributed by atoms with Crippen molar-refractivity contribution in [1.82, 2.24) is 4.57 Å². The standard InChI is InChI=1S/C96H80BN3/c1-94(2,3)73-56-79(66-37-21-13-22-38-66)92(81(58-73)71-43-29-41-68(53-71)63-31-15-10-16-32-63)99-87-52-49-70(65-35-19-12-20-36-65)55-84(87)97-83-51-50-76(98-85-47-27-25-45-77(85)78-46-26-28-48-86(78)98)62-88(83)100(90-61-75(96(7,8)9)60-89(99)91(90)97)93-80(67-39-23-14-24-40-67)57-74(95(4,5)6)59-82(93)72-44-30-42-69(54-72)64-33-17-11-18-34-64/h10-62H,1-9H3/i25D,26D,27D,28D,45D,46D,47D,48D. The quantitative estimate of drug-likeness (QED) is 0.126. The van der Waals surface area contributed by atoms with Gasteiger partial charge in [0.25, 0.3) is 6.71 Å². The van der Waals surface area contributed by atoms with Crippen LogP contribution in [0.4, 0.5) is 34.1 Å². The molecule has 0 aliphatic carbocycles. The van der Waals surface area contributed by atoms with Crippen LogP contribution in [0.15, 0.2) is 321 Å². The Labute approximate surface area is 601 Å². The molecule has 0 saturated heterocycles. The molecule has 0 fully saturated rings. The average Bonchev–Trinajstić information content (AvgIpc) is 0.773. The summed E-state index contributed by atoms with van der Waals surface area (Å²) in [4.78, 5) is 5.08. The van der Waals surface area contributed by atoms with Crippen molar-refractivity contribution in [3.05, 3.63) is 338 Å². The van der Waals surface area contributed by atoms with Crippen LogP contribution in [0.2, 0.25) is 0 Å². The fraction of sp³-hybridized carbons (Fsp3) is 0.125. The van der Waals surface area contributed by atoms with Gasteiger partial charge < -0.3 is 14.4 Å². The van der Waals surface area contributed by atoms with Crippen LogP contribution in [-0.4, -0.2) is 11.3 Å². The summed E-state index contributed by atoms with van der Waals surface area (Å²) in [7, 11) is 0. The number of aromatic nitrogens is 1. The van der Waals surface area contributed by atoms with Crippen molar-refractivity contribution in [2.75, 3.05) is 9.80 Å². The minimum Gasteiger partial charge on any atom is -0.310 e. The largest absolute Gasteiger partial charge is 0.310 e. The summed E-state index contributed by atoms with van der Waals surface area (Å²) in [6.45, 7) is 20.1. The van der Waals surface area contributed by atoms with E-state index in [2.05, 4.69) is 333 Å². The number of anilines is 6. The SMILES string of the molecule is [2H]c1c([2H])c([2H])c2c(c1[2H])c1c([2H])c([2H])c([2H])c([2H])c1n2-c1ccc2c(c1)N(c1c(-c3ccccc3)cc(C(C)(C)C)cc1-c1cccc(-c3ccccc3)c1)c1cc(C(C)(C)C)cc3c1B2c1cc(-c2ccccc2)ccc1N3c1c(-c2ccccc2)cc(C(C)(C)C)cc1-c1cccc(-c2ccccc2)c1. The molecule has 4 heteroatoms.